The number of allylic oxidation sites excluding steroid dienone is 1. The molecule has 14 heavy (non-hydrogen) atoms. The van der Waals surface area contributed by atoms with Gasteiger partial charge in [0.2, 0.25) is 0 Å². The Balaban J connectivity index is 2.50. The molecule has 0 aromatic carbocycles. The van der Waals surface area contributed by atoms with Gasteiger partial charge >= 0.3 is 0 Å². The second-order valence-corrected chi connectivity index (χ2v) is 4.73. The smallest absolute Gasteiger partial charge is 0.0169 e. The fourth-order valence-corrected chi connectivity index (χ4v) is 1.87. The highest BCUT2D eigenvalue weighted by Crippen LogP contribution is 2.09. The van der Waals surface area contributed by atoms with E-state index in [1.54, 1.807) is 0 Å². The monoisotopic (exact) mass is 196 g/mol. The molecular formula is C12H24N2. The van der Waals surface area contributed by atoms with E-state index < -0.39 is 0 Å². The molecule has 0 amide bonds. The highest BCUT2D eigenvalue weighted by atomic mass is 15.2. The molecule has 2 heteroatoms. The first-order chi connectivity index (χ1) is 6.59. The van der Waals surface area contributed by atoms with Crippen molar-refractivity contribution in [2.45, 2.75) is 46.2 Å². The normalized spacial score (nSPS) is 29.7. The van der Waals surface area contributed by atoms with Crippen LogP contribution in [0.2, 0.25) is 0 Å². The average molecular weight is 196 g/mol. The van der Waals surface area contributed by atoms with Crippen LogP contribution in [0.4, 0.5) is 0 Å². The van der Waals surface area contributed by atoms with Gasteiger partial charge < -0.3 is 5.32 Å². The van der Waals surface area contributed by atoms with E-state index in [-0.39, 0.29) is 0 Å². The molecule has 0 bridgehead atoms. The summed E-state index contributed by atoms with van der Waals surface area (Å²) < 4.78 is 0. The van der Waals surface area contributed by atoms with Crippen molar-refractivity contribution >= 4 is 0 Å². The topological polar surface area (TPSA) is 15.3 Å². The molecular weight excluding hydrogens is 172 g/mol. The molecule has 1 saturated heterocycles. The van der Waals surface area contributed by atoms with Gasteiger partial charge in [0.05, 0.1) is 0 Å². The second-order valence-electron chi connectivity index (χ2n) is 4.73. The number of hydrogen-bond acceptors (Lipinski definition) is 2. The molecule has 1 fully saturated rings. The molecule has 0 spiro atoms. The van der Waals surface area contributed by atoms with Crippen LogP contribution in [-0.4, -0.2) is 36.6 Å². The zero-order valence-corrected chi connectivity index (χ0v) is 10.0. The van der Waals surface area contributed by atoms with Gasteiger partial charge in [0.25, 0.3) is 0 Å². The van der Waals surface area contributed by atoms with Gasteiger partial charge in [0, 0.05) is 25.2 Å². The van der Waals surface area contributed by atoms with Crippen LogP contribution in [0.3, 0.4) is 0 Å². The van der Waals surface area contributed by atoms with Crippen LogP contribution in [0, 0.1) is 0 Å². The number of nitrogens with one attached hydrogen (secondary N) is 1. The Hall–Kier alpha value is -0.340. The standard InChI is InChI=1S/C12H24N2/c1-10(2)6-8-14-9-11(3)13-7-5-12(14)4/h6,11-13H,5,7-9H2,1-4H3. The SMILES string of the molecule is CC(C)=CCN1CC(C)NCCC1C. The minimum atomic E-state index is 0.630. The molecule has 1 aliphatic heterocycles. The van der Waals surface area contributed by atoms with E-state index in [2.05, 4.69) is 44.0 Å². The lowest BCUT2D eigenvalue weighted by Crippen LogP contribution is -2.38. The molecule has 82 valence electrons. The first-order valence-corrected chi connectivity index (χ1v) is 5.70. The summed E-state index contributed by atoms with van der Waals surface area (Å²) in [4.78, 5) is 2.57. The quantitative estimate of drug-likeness (QED) is 0.680. The van der Waals surface area contributed by atoms with Crippen molar-refractivity contribution in [3.8, 4) is 0 Å². The summed E-state index contributed by atoms with van der Waals surface area (Å²) in [6, 6.07) is 1.34. The molecule has 0 saturated carbocycles. The summed E-state index contributed by atoms with van der Waals surface area (Å²) >= 11 is 0. The third-order valence-electron chi connectivity index (χ3n) is 2.92. The van der Waals surface area contributed by atoms with Crippen molar-refractivity contribution in [3.05, 3.63) is 11.6 Å². The third kappa shape index (κ3) is 3.81. The van der Waals surface area contributed by atoms with Crippen molar-refractivity contribution in [3.63, 3.8) is 0 Å². The molecule has 0 aromatic heterocycles. The zero-order chi connectivity index (χ0) is 10.6. The predicted octanol–water partition coefficient (Wildman–Crippen LogP) is 2.02. The third-order valence-corrected chi connectivity index (χ3v) is 2.92. The summed E-state index contributed by atoms with van der Waals surface area (Å²) in [5, 5.41) is 3.53. The van der Waals surface area contributed by atoms with Crippen LogP contribution in [-0.2, 0) is 0 Å². The molecule has 1 heterocycles. The zero-order valence-electron chi connectivity index (χ0n) is 10.0. The van der Waals surface area contributed by atoms with Crippen molar-refractivity contribution in [1.82, 2.24) is 10.2 Å². The molecule has 1 N–H and O–H groups in total. The van der Waals surface area contributed by atoms with E-state index in [1.165, 1.54) is 18.5 Å². The molecule has 0 aromatic rings. The van der Waals surface area contributed by atoms with Crippen molar-refractivity contribution < 1.29 is 0 Å². The highest BCUT2D eigenvalue weighted by Gasteiger charge is 2.18. The average Bonchev–Trinajstić information content (AvgIpc) is 2.25. The van der Waals surface area contributed by atoms with Crippen LogP contribution >= 0.6 is 0 Å². The van der Waals surface area contributed by atoms with Gasteiger partial charge in [-0.05, 0) is 40.7 Å². The summed E-state index contributed by atoms with van der Waals surface area (Å²) in [5.41, 5.74) is 1.42. The van der Waals surface area contributed by atoms with E-state index in [9.17, 15) is 0 Å². The van der Waals surface area contributed by atoms with Crippen LogP contribution in [0.1, 0.15) is 34.1 Å². The molecule has 2 nitrogen and oxygen atoms in total. The second kappa shape index (κ2) is 5.52. The van der Waals surface area contributed by atoms with Crippen molar-refractivity contribution in [2.24, 2.45) is 0 Å². The van der Waals surface area contributed by atoms with E-state index in [0.717, 1.165) is 13.1 Å². The molecule has 2 unspecified atom stereocenters. The number of hydrogen-bond donors (Lipinski definition) is 1. The van der Waals surface area contributed by atoms with Crippen LogP contribution in [0.5, 0.6) is 0 Å². The van der Waals surface area contributed by atoms with Gasteiger partial charge in [-0.1, -0.05) is 11.6 Å². The fraction of sp³-hybridized carbons (Fsp3) is 0.833. The predicted molar refractivity (Wildman–Crippen MR) is 62.5 cm³/mol. The van der Waals surface area contributed by atoms with E-state index in [0.29, 0.717) is 12.1 Å². The van der Waals surface area contributed by atoms with Crippen LogP contribution < -0.4 is 5.32 Å². The number of nitrogens with zero attached hydrogens (tertiary/aromatic N) is 1. The van der Waals surface area contributed by atoms with E-state index in [4.69, 9.17) is 0 Å². The summed E-state index contributed by atoms with van der Waals surface area (Å²) in [5.74, 6) is 0. The maximum Gasteiger partial charge on any atom is 0.0169 e. The minimum absolute atomic E-state index is 0.630. The van der Waals surface area contributed by atoms with Gasteiger partial charge in [0.15, 0.2) is 0 Å². The lowest BCUT2D eigenvalue weighted by molar-refractivity contribution is 0.230. The molecule has 1 aliphatic rings. The Bertz CT molecular complexity index is 194. The summed E-state index contributed by atoms with van der Waals surface area (Å²) in [7, 11) is 0. The number of rotatable bonds is 2. The lowest BCUT2D eigenvalue weighted by Gasteiger charge is -2.26. The first kappa shape index (κ1) is 11.7. The van der Waals surface area contributed by atoms with E-state index >= 15 is 0 Å². The van der Waals surface area contributed by atoms with Crippen molar-refractivity contribution in [1.29, 1.82) is 0 Å². The Kier molecular flexibility index (Phi) is 4.63. The van der Waals surface area contributed by atoms with Gasteiger partial charge in [-0.3, -0.25) is 4.90 Å². The molecule has 2 atom stereocenters. The van der Waals surface area contributed by atoms with Gasteiger partial charge in [-0.15, -0.1) is 0 Å². The van der Waals surface area contributed by atoms with Crippen molar-refractivity contribution in [2.75, 3.05) is 19.6 Å². The Morgan fingerprint density at radius 2 is 2.14 bits per heavy atom. The maximum absolute atomic E-state index is 3.53. The molecule has 0 aliphatic carbocycles. The van der Waals surface area contributed by atoms with Gasteiger partial charge in [-0.25, -0.2) is 0 Å². The Labute approximate surface area is 88.4 Å². The maximum atomic E-state index is 3.53. The minimum Gasteiger partial charge on any atom is -0.313 e. The molecule has 1 rings (SSSR count). The molecule has 0 radical (unpaired) electrons. The fourth-order valence-electron chi connectivity index (χ4n) is 1.87. The van der Waals surface area contributed by atoms with E-state index in [1.807, 2.05) is 0 Å². The van der Waals surface area contributed by atoms with Crippen LogP contribution in [0.25, 0.3) is 0 Å². The Morgan fingerprint density at radius 1 is 1.43 bits per heavy atom. The largest absolute Gasteiger partial charge is 0.313 e. The lowest BCUT2D eigenvalue weighted by atomic mass is 10.2. The first-order valence-electron chi connectivity index (χ1n) is 5.70. The van der Waals surface area contributed by atoms with Gasteiger partial charge in [0.1, 0.15) is 0 Å². The van der Waals surface area contributed by atoms with Gasteiger partial charge in [-0.2, -0.15) is 0 Å². The van der Waals surface area contributed by atoms with Crippen LogP contribution in [0.15, 0.2) is 11.6 Å². The summed E-state index contributed by atoms with van der Waals surface area (Å²) in [6.45, 7) is 12.4. The Morgan fingerprint density at radius 3 is 2.79 bits per heavy atom. The highest BCUT2D eigenvalue weighted by molar-refractivity contribution is 4.96. The summed E-state index contributed by atoms with van der Waals surface area (Å²) in [6.07, 6.45) is 3.59.